The minimum absolute atomic E-state index is 0. The van der Waals surface area contributed by atoms with Gasteiger partial charge in [0.05, 0.1) is 7.11 Å². The van der Waals surface area contributed by atoms with Crippen LogP contribution in [0.15, 0.2) is 48.5 Å². The second-order valence-electron chi connectivity index (χ2n) is 4.94. The minimum Gasteiger partial charge on any atom is -0.497 e. The molecule has 0 aliphatic heterocycles. The monoisotopic (exact) mass is 349 g/mol. The van der Waals surface area contributed by atoms with Crippen molar-refractivity contribution < 1.29 is 4.74 Å². The van der Waals surface area contributed by atoms with Gasteiger partial charge >= 0.3 is 0 Å². The van der Waals surface area contributed by atoms with Gasteiger partial charge in [-0.05, 0) is 48.2 Å². The van der Waals surface area contributed by atoms with Gasteiger partial charge in [-0.25, -0.2) is 0 Å². The molecule has 0 aliphatic carbocycles. The topological polar surface area (TPSA) is 21.3 Å². The maximum absolute atomic E-state index is 5.16. The van der Waals surface area contributed by atoms with Crippen LogP contribution in [0, 0.1) is 0 Å². The molecule has 2 nitrogen and oxygen atoms in total. The van der Waals surface area contributed by atoms with Crippen molar-refractivity contribution in [1.82, 2.24) is 5.32 Å². The Morgan fingerprint density at radius 2 is 1.43 bits per heavy atom. The van der Waals surface area contributed by atoms with E-state index >= 15 is 0 Å². The third-order valence-corrected chi connectivity index (χ3v) is 3.51. The summed E-state index contributed by atoms with van der Waals surface area (Å²) in [6, 6.07) is 17.1. The molecule has 0 amide bonds. The lowest BCUT2D eigenvalue weighted by Crippen LogP contribution is -2.16. The molecule has 3 heteroatoms. The van der Waals surface area contributed by atoms with Crippen molar-refractivity contribution in [3.8, 4) is 5.75 Å². The standard InChI is InChI=1S/C18H23NO.BrH/c1-3-15-4-6-17(7-5-15)14-19-13-12-16-8-10-18(20-2)11-9-16;/h4-11,19H,3,12-14H2,1-2H3;1H. The lowest BCUT2D eigenvalue weighted by atomic mass is 10.1. The van der Waals surface area contributed by atoms with E-state index in [1.54, 1.807) is 7.11 Å². The lowest BCUT2D eigenvalue weighted by Gasteiger charge is -2.07. The first-order valence-corrected chi connectivity index (χ1v) is 7.23. The molecule has 0 saturated heterocycles. The van der Waals surface area contributed by atoms with Crippen LogP contribution in [-0.2, 0) is 19.4 Å². The van der Waals surface area contributed by atoms with Gasteiger partial charge in [-0.3, -0.25) is 0 Å². The van der Waals surface area contributed by atoms with Gasteiger partial charge in [-0.1, -0.05) is 43.3 Å². The number of ether oxygens (including phenoxy) is 1. The van der Waals surface area contributed by atoms with Gasteiger partial charge in [0.1, 0.15) is 5.75 Å². The highest BCUT2D eigenvalue weighted by Gasteiger charge is 1.96. The first-order chi connectivity index (χ1) is 9.81. The fourth-order valence-corrected chi connectivity index (χ4v) is 2.15. The van der Waals surface area contributed by atoms with Crippen LogP contribution in [0.3, 0.4) is 0 Å². The first kappa shape index (κ1) is 17.7. The first-order valence-electron chi connectivity index (χ1n) is 7.23. The van der Waals surface area contributed by atoms with E-state index in [1.165, 1.54) is 16.7 Å². The fourth-order valence-electron chi connectivity index (χ4n) is 2.15. The van der Waals surface area contributed by atoms with E-state index in [0.29, 0.717) is 0 Å². The van der Waals surface area contributed by atoms with Crippen LogP contribution in [0.5, 0.6) is 5.75 Å². The molecular weight excluding hydrogens is 326 g/mol. The van der Waals surface area contributed by atoms with E-state index in [1.807, 2.05) is 12.1 Å². The van der Waals surface area contributed by atoms with Gasteiger partial charge in [0.25, 0.3) is 0 Å². The number of benzene rings is 2. The van der Waals surface area contributed by atoms with E-state index in [0.717, 1.165) is 31.7 Å². The predicted octanol–water partition coefficient (Wildman–Crippen LogP) is 4.17. The van der Waals surface area contributed by atoms with Crippen LogP contribution in [0.1, 0.15) is 23.6 Å². The largest absolute Gasteiger partial charge is 0.497 e. The number of rotatable bonds is 7. The van der Waals surface area contributed by atoms with Crippen LogP contribution in [0.2, 0.25) is 0 Å². The van der Waals surface area contributed by atoms with Gasteiger partial charge in [0.15, 0.2) is 0 Å². The Balaban J connectivity index is 0.00000220. The van der Waals surface area contributed by atoms with E-state index in [9.17, 15) is 0 Å². The van der Waals surface area contributed by atoms with Crippen molar-refractivity contribution in [2.45, 2.75) is 26.3 Å². The van der Waals surface area contributed by atoms with Crippen molar-refractivity contribution in [3.05, 3.63) is 65.2 Å². The fraction of sp³-hybridized carbons (Fsp3) is 0.333. The second kappa shape index (κ2) is 9.59. The van der Waals surface area contributed by atoms with E-state index in [2.05, 4.69) is 48.6 Å². The van der Waals surface area contributed by atoms with E-state index in [-0.39, 0.29) is 17.0 Å². The number of nitrogens with one attached hydrogen (secondary N) is 1. The van der Waals surface area contributed by atoms with Crippen LogP contribution in [0.25, 0.3) is 0 Å². The molecule has 2 rings (SSSR count). The molecule has 0 unspecified atom stereocenters. The SMILES string of the molecule is Br.CCc1ccc(CNCCc2ccc(OC)cc2)cc1. The normalized spacial score (nSPS) is 10.0. The minimum atomic E-state index is 0. The van der Waals surface area contributed by atoms with Gasteiger partial charge in [-0.2, -0.15) is 0 Å². The molecule has 2 aromatic carbocycles. The Labute approximate surface area is 138 Å². The van der Waals surface area contributed by atoms with Crippen molar-refractivity contribution >= 4 is 17.0 Å². The van der Waals surface area contributed by atoms with Crippen LogP contribution < -0.4 is 10.1 Å². The predicted molar refractivity (Wildman–Crippen MR) is 94.5 cm³/mol. The summed E-state index contributed by atoms with van der Waals surface area (Å²) in [5.41, 5.74) is 4.07. The Morgan fingerprint density at radius 1 is 0.857 bits per heavy atom. The van der Waals surface area contributed by atoms with Gasteiger partial charge in [0, 0.05) is 6.54 Å². The molecule has 0 saturated carbocycles. The second-order valence-corrected chi connectivity index (χ2v) is 4.94. The zero-order valence-corrected chi connectivity index (χ0v) is 14.5. The zero-order valence-electron chi connectivity index (χ0n) is 12.8. The van der Waals surface area contributed by atoms with Gasteiger partial charge < -0.3 is 10.1 Å². The van der Waals surface area contributed by atoms with Crippen molar-refractivity contribution in [3.63, 3.8) is 0 Å². The molecule has 2 aromatic rings. The molecule has 0 bridgehead atoms. The molecule has 1 N–H and O–H groups in total. The molecule has 0 aromatic heterocycles. The maximum Gasteiger partial charge on any atom is 0.118 e. The van der Waals surface area contributed by atoms with Gasteiger partial charge in [-0.15, -0.1) is 17.0 Å². The maximum atomic E-state index is 5.16. The Bertz CT molecular complexity index is 458. The van der Waals surface area contributed by atoms with E-state index in [4.69, 9.17) is 4.74 Å². The number of aryl methyl sites for hydroxylation is 1. The Morgan fingerprint density at radius 3 is 2.00 bits per heavy atom. The summed E-state index contributed by atoms with van der Waals surface area (Å²) in [5.74, 6) is 0.915. The summed E-state index contributed by atoms with van der Waals surface area (Å²) in [4.78, 5) is 0. The molecule has 0 heterocycles. The number of halogens is 1. The molecule has 0 atom stereocenters. The summed E-state index contributed by atoms with van der Waals surface area (Å²) in [7, 11) is 1.69. The average molecular weight is 350 g/mol. The summed E-state index contributed by atoms with van der Waals surface area (Å²) in [6.45, 7) is 4.10. The molecule has 0 spiro atoms. The summed E-state index contributed by atoms with van der Waals surface area (Å²) in [5, 5.41) is 3.48. The molecular formula is C18H24BrNO. The van der Waals surface area contributed by atoms with Crippen LogP contribution in [0.4, 0.5) is 0 Å². The number of methoxy groups -OCH3 is 1. The molecule has 0 radical (unpaired) electrons. The Hall–Kier alpha value is -1.32. The summed E-state index contributed by atoms with van der Waals surface area (Å²) in [6.07, 6.45) is 2.14. The van der Waals surface area contributed by atoms with Crippen molar-refractivity contribution in [2.24, 2.45) is 0 Å². The van der Waals surface area contributed by atoms with Crippen LogP contribution in [-0.4, -0.2) is 13.7 Å². The molecule has 0 fully saturated rings. The third-order valence-electron chi connectivity index (χ3n) is 3.51. The average Bonchev–Trinajstić information content (AvgIpc) is 2.53. The lowest BCUT2D eigenvalue weighted by molar-refractivity contribution is 0.414. The van der Waals surface area contributed by atoms with Gasteiger partial charge in [0.2, 0.25) is 0 Å². The smallest absolute Gasteiger partial charge is 0.118 e. The molecule has 114 valence electrons. The number of hydrogen-bond donors (Lipinski definition) is 1. The summed E-state index contributed by atoms with van der Waals surface area (Å²) >= 11 is 0. The van der Waals surface area contributed by atoms with E-state index < -0.39 is 0 Å². The quantitative estimate of drug-likeness (QED) is 0.757. The third kappa shape index (κ3) is 5.90. The Kier molecular flexibility index (Phi) is 8.09. The zero-order chi connectivity index (χ0) is 14.2. The highest BCUT2D eigenvalue weighted by atomic mass is 79.9. The van der Waals surface area contributed by atoms with Crippen molar-refractivity contribution in [1.29, 1.82) is 0 Å². The van der Waals surface area contributed by atoms with Crippen molar-refractivity contribution in [2.75, 3.05) is 13.7 Å². The number of hydrogen-bond acceptors (Lipinski definition) is 2. The van der Waals surface area contributed by atoms with Crippen LogP contribution >= 0.6 is 17.0 Å². The highest BCUT2D eigenvalue weighted by molar-refractivity contribution is 8.93. The summed E-state index contributed by atoms with van der Waals surface area (Å²) < 4.78 is 5.16. The molecule has 0 aliphatic rings. The molecule has 21 heavy (non-hydrogen) atoms. The highest BCUT2D eigenvalue weighted by Crippen LogP contribution is 2.11.